The van der Waals surface area contributed by atoms with E-state index in [1.807, 2.05) is 17.0 Å². The summed E-state index contributed by atoms with van der Waals surface area (Å²) >= 11 is 0. The van der Waals surface area contributed by atoms with Crippen molar-refractivity contribution in [3.05, 3.63) is 66.9 Å². The first-order chi connectivity index (χ1) is 14.1. The van der Waals surface area contributed by atoms with Gasteiger partial charge in [-0.2, -0.15) is 0 Å². The Morgan fingerprint density at radius 2 is 1.83 bits per heavy atom. The van der Waals surface area contributed by atoms with E-state index >= 15 is 0 Å². The molecule has 2 N–H and O–H groups in total. The van der Waals surface area contributed by atoms with Crippen LogP contribution in [-0.2, 0) is 9.59 Å². The molecule has 1 aliphatic rings. The molecular formula is C21H25FN4O3. The number of para-hydroxylation sites is 1. The number of nitrogens with one attached hydrogen (secondary N) is 2. The number of furan rings is 1. The lowest BCUT2D eigenvalue weighted by atomic mass is 10.1. The third kappa shape index (κ3) is 5.23. The first kappa shape index (κ1) is 20.6. The fourth-order valence-electron chi connectivity index (χ4n) is 3.39. The molecule has 0 saturated carbocycles. The van der Waals surface area contributed by atoms with Gasteiger partial charge in [-0.05, 0) is 24.3 Å². The van der Waals surface area contributed by atoms with Gasteiger partial charge in [-0.1, -0.05) is 18.2 Å². The molecule has 29 heavy (non-hydrogen) atoms. The number of amides is 2. The Bertz CT molecular complexity index is 832. The highest BCUT2D eigenvalue weighted by Gasteiger charge is 2.28. The van der Waals surface area contributed by atoms with Crippen LogP contribution in [0.5, 0.6) is 0 Å². The molecule has 1 fully saturated rings. The number of piperazine rings is 1. The molecule has 2 amide bonds. The monoisotopic (exact) mass is 400 g/mol. The number of hydrogen-bond donors (Lipinski definition) is 2. The molecule has 0 bridgehead atoms. The van der Waals surface area contributed by atoms with Gasteiger partial charge in [-0.15, -0.1) is 6.58 Å². The van der Waals surface area contributed by atoms with E-state index in [0.717, 1.165) is 0 Å². The second kappa shape index (κ2) is 9.88. The Kier molecular flexibility index (Phi) is 7.02. The zero-order valence-electron chi connectivity index (χ0n) is 16.1. The number of hydrogen-bond acceptors (Lipinski definition) is 5. The number of anilines is 1. The van der Waals surface area contributed by atoms with Crippen molar-refractivity contribution in [1.29, 1.82) is 0 Å². The Hall–Kier alpha value is -3.13. The van der Waals surface area contributed by atoms with Gasteiger partial charge in [0.25, 0.3) is 0 Å². The van der Waals surface area contributed by atoms with Gasteiger partial charge in [0.2, 0.25) is 0 Å². The summed E-state index contributed by atoms with van der Waals surface area (Å²) in [6.07, 6.45) is 3.09. The summed E-state index contributed by atoms with van der Waals surface area (Å²) < 4.78 is 19.6. The third-order valence-electron chi connectivity index (χ3n) is 4.89. The highest BCUT2D eigenvalue weighted by molar-refractivity contribution is 6.35. The van der Waals surface area contributed by atoms with Crippen LogP contribution in [0.15, 0.2) is 59.7 Å². The second-order valence-electron chi connectivity index (χ2n) is 6.71. The molecule has 0 spiro atoms. The van der Waals surface area contributed by atoms with Crippen molar-refractivity contribution in [1.82, 2.24) is 15.5 Å². The molecule has 0 aliphatic carbocycles. The van der Waals surface area contributed by atoms with Gasteiger partial charge in [0.1, 0.15) is 11.6 Å². The minimum atomic E-state index is -0.701. The summed E-state index contributed by atoms with van der Waals surface area (Å²) in [5, 5.41) is 5.12. The lowest BCUT2D eigenvalue weighted by molar-refractivity contribution is -0.139. The Balaban J connectivity index is 1.61. The minimum Gasteiger partial charge on any atom is -0.468 e. The summed E-state index contributed by atoms with van der Waals surface area (Å²) in [6.45, 7) is 6.58. The normalized spacial score (nSPS) is 15.6. The molecule has 2 heterocycles. The highest BCUT2D eigenvalue weighted by atomic mass is 19.1. The van der Waals surface area contributed by atoms with Crippen molar-refractivity contribution < 1.29 is 18.4 Å². The van der Waals surface area contributed by atoms with Crippen molar-refractivity contribution in [2.24, 2.45) is 0 Å². The number of rotatable bonds is 7. The lowest BCUT2D eigenvalue weighted by Gasteiger charge is -2.39. The quantitative estimate of drug-likeness (QED) is 0.547. The summed E-state index contributed by atoms with van der Waals surface area (Å²) in [6, 6.07) is 10.1. The van der Waals surface area contributed by atoms with Crippen molar-refractivity contribution in [2.75, 3.05) is 44.2 Å². The maximum absolute atomic E-state index is 14.1. The molecule has 1 atom stereocenters. The van der Waals surface area contributed by atoms with Crippen LogP contribution >= 0.6 is 0 Å². The molecule has 154 valence electrons. The van der Waals surface area contributed by atoms with E-state index in [2.05, 4.69) is 22.1 Å². The number of benzene rings is 1. The second-order valence-corrected chi connectivity index (χ2v) is 6.71. The SMILES string of the molecule is C=CCNC(=O)C(=O)NC[C@H](c1ccco1)N1CCN(c2ccccc2F)CC1. The number of nitrogens with zero attached hydrogens (tertiary/aromatic N) is 2. The van der Waals surface area contributed by atoms with E-state index in [1.165, 1.54) is 12.1 Å². The molecule has 2 aromatic rings. The van der Waals surface area contributed by atoms with E-state index in [0.29, 0.717) is 37.6 Å². The number of carbonyl (C=O) groups is 2. The maximum Gasteiger partial charge on any atom is 0.309 e. The Morgan fingerprint density at radius 3 is 2.48 bits per heavy atom. The topological polar surface area (TPSA) is 77.8 Å². The van der Waals surface area contributed by atoms with Crippen LogP contribution in [0.1, 0.15) is 11.8 Å². The van der Waals surface area contributed by atoms with Gasteiger partial charge in [-0.3, -0.25) is 14.5 Å². The fraction of sp³-hybridized carbons (Fsp3) is 0.333. The van der Waals surface area contributed by atoms with E-state index < -0.39 is 11.8 Å². The van der Waals surface area contributed by atoms with Crippen LogP contribution in [0, 0.1) is 5.82 Å². The predicted octanol–water partition coefficient (Wildman–Crippen LogP) is 1.70. The minimum absolute atomic E-state index is 0.219. The van der Waals surface area contributed by atoms with Crippen molar-refractivity contribution in [3.8, 4) is 0 Å². The molecule has 1 aromatic heterocycles. The van der Waals surface area contributed by atoms with Gasteiger partial charge in [0.05, 0.1) is 18.0 Å². The van der Waals surface area contributed by atoms with E-state index in [1.54, 1.807) is 24.5 Å². The van der Waals surface area contributed by atoms with Gasteiger partial charge in [-0.25, -0.2) is 4.39 Å². The maximum atomic E-state index is 14.1. The summed E-state index contributed by atoms with van der Waals surface area (Å²) in [5.41, 5.74) is 0.592. The van der Waals surface area contributed by atoms with Crippen LogP contribution in [-0.4, -0.2) is 56.0 Å². The Morgan fingerprint density at radius 1 is 1.10 bits per heavy atom. The molecule has 3 rings (SSSR count). The molecule has 8 heteroatoms. The average molecular weight is 400 g/mol. The van der Waals surface area contributed by atoms with Gasteiger partial charge in [0, 0.05) is 39.3 Å². The smallest absolute Gasteiger partial charge is 0.309 e. The molecule has 1 saturated heterocycles. The highest BCUT2D eigenvalue weighted by Crippen LogP contribution is 2.25. The van der Waals surface area contributed by atoms with Crippen LogP contribution in [0.2, 0.25) is 0 Å². The fourth-order valence-corrected chi connectivity index (χ4v) is 3.39. The first-order valence-electron chi connectivity index (χ1n) is 9.54. The van der Waals surface area contributed by atoms with Crippen LogP contribution in [0.3, 0.4) is 0 Å². The number of halogens is 1. The van der Waals surface area contributed by atoms with Gasteiger partial charge in [0.15, 0.2) is 0 Å². The van der Waals surface area contributed by atoms with Crippen LogP contribution in [0.4, 0.5) is 10.1 Å². The van der Waals surface area contributed by atoms with Crippen molar-refractivity contribution in [3.63, 3.8) is 0 Å². The van der Waals surface area contributed by atoms with Crippen LogP contribution < -0.4 is 15.5 Å². The zero-order valence-corrected chi connectivity index (χ0v) is 16.1. The molecule has 0 radical (unpaired) electrons. The standard InChI is InChI=1S/C21H25FN4O3/c1-2-9-23-20(27)21(28)24-15-18(19-8-5-14-29-19)26-12-10-25(11-13-26)17-7-4-3-6-16(17)22/h2-8,14,18H,1,9-13,15H2,(H,23,27)(H,24,28)/t18-/m1/s1. The van der Waals surface area contributed by atoms with Gasteiger partial charge < -0.3 is 20.0 Å². The largest absolute Gasteiger partial charge is 0.468 e. The molecular weight excluding hydrogens is 375 g/mol. The summed E-state index contributed by atoms with van der Waals surface area (Å²) in [7, 11) is 0. The summed E-state index contributed by atoms with van der Waals surface area (Å²) in [4.78, 5) is 28.0. The first-order valence-corrected chi connectivity index (χ1v) is 9.54. The van der Waals surface area contributed by atoms with E-state index in [4.69, 9.17) is 4.42 Å². The third-order valence-corrected chi connectivity index (χ3v) is 4.89. The van der Waals surface area contributed by atoms with Crippen molar-refractivity contribution >= 4 is 17.5 Å². The molecule has 1 aliphatic heterocycles. The van der Waals surface area contributed by atoms with E-state index in [9.17, 15) is 14.0 Å². The molecule has 1 aromatic carbocycles. The predicted molar refractivity (Wildman–Crippen MR) is 108 cm³/mol. The van der Waals surface area contributed by atoms with Crippen molar-refractivity contribution in [2.45, 2.75) is 6.04 Å². The zero-order chi connectivity index (χ0) is 20.6. The number of carbonyl (C=O) groups excluding carboxylic acids is 2. The lowest BCUT2D eigenvalue weighted by Crippen LogP contribution is -2.51. The average Bonchev–Trinajstić information content (AvgIpc) is 3.27. The Labute approximate surface area is 169 Å². The molecule has 7 nitrogen and oxygen atoms in total. The summed E-state index contributed by atoms with van der Waals surface area (Å²) in [5.74, 6) is -0.932. The molecule has 0 unspecified atom stereocenters. The van der Waals surface area contributed by atoms with Crippen LogP contribution in [0.25, 0.3) is 0 Å². The van der Waals surface area contributed by atoms with E-state index in [-0.39, 0.29) is 24.9 Å². The van der Waals surface area contributed by atoms with Gasteiger partial charge >= 0.3 is 11.8 Å².